The summed E-state index contributed by atoms with van der Waals surface area (Å²) in [5.41, 5.74) is 4.46. The molecule has 2 N–H and O–H groups in total. The van der Waals surface area contributed by atoms with Crippen LogP contribution in [-0.2, 0) is 32.2 Å². The first kappa shape index (κ1) is 30.3. The van der Waals surface area contributed by atoms with E-state index < -0.39 is 20.5 Å². The van der Waals surface area contributed by atoms with Gasteiger partial charge in [-0.1, -0.05) is 44.6 Å². The molecular formula is C31H43NO7S. The van der Waals surface area contributed by atoms with Crippen molar-refractivity contribution < 1.29 is 32.6 Å². The smallest absolute Gasteiger partial charge is 0.265 e. The second kappa shape index (κ2) is 14.3. The van der Waals surface area contributed by atoms with Gasteiger partial charge >= 0.3 is 0 Å². The third kappa shape index (κ3) is 7.17. The van der Waals surface area contributed by atoms with Gasteiger partial charge in [-0.3, -0.25) is 10.0 Å². The van der Waals surface area contributed by atoms with E-state index in [0.717, 1.165) is 37.9 Å². The van der Waals surface area contributed by atoms with Crippen molar-refractivity contribution in [2.24, 2.45) is 5.92 Å². The number of benzene rings is 2. The van der Waals surface area contributed by atoms with Crippen LogP contribution in [0.25, 0.3) is 0 Å². The maximum atomic E-state index is 13.4. The van der Waals surface area contributed by atoms with Gasteiger partial charge in [0.1, 0.15) is 11.5 Å². The molecule has 0 saturated carbocycles. The number of aryl methyl sites for hydroxylation is 1. The molecule has 0 spiro atoms. The molecule has 9 heteroatoms. The summed E-state index contributed by atoms with van der Waals surface area (Å²) in [5.74, 6) is 1.32. The van der Waals surface area contributed by atoms with Crippen LogP contribution in [0.1, 0.15) is 75.3 Å². The molecule has 1 atom stereocenters. The Morgan fingerprint density at radius 1 is 1.00 bits per heavy atom. The average Bonchev–Trinajstić information content (AvgIpc) is 3.08. The van der Waals surface area contributed by atoms with Gasteiger partial charge in [-0.05, 0) is 92.0 Å². The first-order valence-electron chi connectivity index (χ1n) is 14.6. The zero-order valence-corrected chi connectivity index (χ0v) is 24.3. The molecule has 0 radical (unpaired) electrons. The Bertz CT molecular complexity index is 1210. The second-order valence-corrected chi connectivity index (χ2v) is 13.3. The third-order valence-electron chi connectivity index (χ3n) is 8.47. The zero-order chi connectivity index (χ0) is 28.4. The molecule has 2 aromatic rings. The number of fused-ring (bicyclic) bond motifs is 1. The molecule has 2 aromatic carbocycles. The molecule has 1 heterocycles. The molecule has 1 fully saturated rings. The number of ether oxygens (including phenoxy) is 3. The van der Waals surface area contributed by atoms with Crippen LogP contribution >= 0.6 is 0 Å². The van der Waals surface area contributed by atoms with Gasteiger partial charge in [-0.15, -0.1) is 0 Å². The Balaban J connectivity index is 1.24. The highest BCUT2D eigenvalue weighted by Crippen LogP contribution is 2.36. The van der Waals surface area contributed by atoms with Gasteiger partial charge in [-0.2, -0.15) is 0 Å². The minimum atomic E-state index is -4.04. The summed E-state index contributed by atoms with van der Waals surface area (Å²) >= 11 is 0. The number of methoxy groups -OCH3 is 1. The minimum absolute atomic E-state index is 0.0118. The van der Waals surface area contributed by atoms with Crippen LogP contribution in [0, 0.1) is 5.92 Å². The maximum Gasteiger partial charge on any atom is 0.265 e. The fourth-order valence-corrected chi connectivity index (χ4v) is 7.95. The Labute approximate surface area is 238 Å². The lowest BCUT2D eigenvalue weighted by Gasteiger charge is -2.34. The quantitative estimate of drug-likeness (QED) is 0.209. The Hall–Kier alpha value is -2.62. The fraction of sp³-hybridized carbons (Fsp3) is 0.581. The molecule has 1 amide bonds. The van der Waals surface area contributed by atoms with Gasteiger partial charge in [0.05, 0.1) is 18.6 Å². The molecule has 4 rings (SSSR count). The molecule has 220 valence electrons. The molecule has 40 heavy (non-hydrogen) atoms. The van der Waals surface area contributed by atoms with Crippen LogP contribution in [-0.4, -0.2) is 51.2 Å². The lowest BCUT2D eigenvalue weighted by molar-refractivity contribution is -0.134. The third-order valence-corrected chi connectivity index (χ3v) is 11.0. The average molecular weight is 574 g/mol. The van der Waals surface area contributed by atoms with E-state index in [1.54, 1.807) is 24.7 Å². The zero-order valence-electron chi connectivity index (χ0n) is 23.5. The Kier molecular flexibility index (Phi) is 10.9. The lowest BCUT2D eigenvalue weighted by Crippen LogP contribution is -2.54. The van der Waals surface area contributed by atoms with E-state index in [9.17, 15) is 18.4 Å². The van der Waals surface area contributed by atoms with Crippen LogP contribution in [0.4, 0.5) is 0 Å². The molecule has 1 unspecified atom stereocenters. The molecule has 8 nitrogen and oxygen atoms in total. The maximum absolute atomic E-state index is 13.4. The summed E-state index contributed by atoms with van der Waals surface area (Å²) in [7, 11) is -2.31. The fourth-order valence-electron chi connectivity index (χ4n) is 6.01. The van der Waals surface area contributed by atoms with Gasteiger partial charge in [0.15, 0.2) is 14.6 Å². The number of rotatable bonds is 11. The van der Waals surface area contributed by atoms with E-state index in [0.29, 0.717) is 18.3 Å². The molecule has 1 aliphatic heterocycles. The standard InChI is InChI=1S/C31H43NO7S/c1-37-28-12-11-26-22-24(8-4-2-6-10-25(26)23-28)9-5-3-7-19-39-27-13-15-29(16-14-27)40(35,36)31(30(33)32-34)17-20-38-21-18-31/h11-16,23-24,34H,2-10,17-22H2,1H3,(H,32,33). The second-order valence-electron chi connectivity index (χ2n) is 11.0. The van der Waals surface area contributed by atoms with E-state index in [1.807, 2.05) is 0 Å². The van der Waals surface area contributed by atoms with Crippen LogP contribution in [0.2, 0.25) is 0 Å². The number of hydroxylamine groups is 1. The van der Waals surface area contributed by atoms with Crippen LogP contribution in [0.3, 0.4) is 0 Å². The number of hydrogen-bond donors (Lipinski definition) is 2. The van der Waals surface area contributed by atoms with Crippen LogP contribution in [0.15, 0.2) is 47.4 Å². The summed E-state index contributed by atoms with van der Waals surface area (Å²) in [6.45, 7) is 0.835. The normalized spacial score (nSPS) is 19.4. The highest BCUT2D eigenvalue weighted by molar-refractivity contribution is 7.93. The number of amides is 1. The highest BCUT2D eigenvalue weighted by Gasteiger charge is 2.52. The number of unbranched alkanes of at least 4 members (excludes halogenated alkanes) is 2. The summed E-state index contributed by atoms with van der Waals surface area (Å²) < 4.78 is 41.6. The first-order chi connectivity index (χ1) is 19.4. The Morgan fingerprint density at radius 3 is 2.48 bits per heavy atom. The lowest BCUT2D eigenvalue weighted by atomic mass is 9.88. The predicted octanol–water partition coefficient (Wildman–Crippen LogP) is 5.44. The Morgan fingerprint density at radius 2 is 1.75 bits per heavy atom. The van der Waals surface area contributed by atoms with Crippen molar-refractivity contribution in [3.8, 4) is 11.5 Å². The minimum Gasteiger partial charge on any atom is -0.497 e. The monoisotopic (exact) mass is 573 g/mol. The van der Waals surface area contributed by atoms with E-state index in [1.165, 1.54) is 55.4 Å². The molecular weight excluding hydrogens is 530 g/mol. The van der Waals surface area contributed by atoms with Gasteiger partial charge in [-0.25, -0.2) is 13.9 Å². The molecule has 1 aliphatic carbocycles. The summed E-state index contributed by atoms with van der Waals surface area (Å²) in [6, 6.07) is 12.7. The van der Waals surface area contributed by atoms with Gasteiger partial charge in [0.2, 0.25) is 0 Å². The van der Waals surface area contributed by atoms with Crippen molar-refractivity contribution in [2.45, 2.75) is 86.7 Å². The van der Waals surface area contributed by atoms with Crippen molar-refractivity contribution in [3.05, 3.63) is 53.6 Å². The summed E-state index contributed by atoms with van der Waals surface area (Å²) in [5, 5.41) is 9.20. The van der Waals surface area contributed by atoms with Crippen molar-refractivity contribution in [2.75, 3.05) is 26.9 Å². The summed E-state index contributed by atoms with van der Waals surface area (Å²) in [6.07, 6.45) is 11.7. The number of sulfone groups is 1. The number of nitrogens with one attached hydrogen (secondary N) is 1. The first-order valence-corrected chi connectivity index (χ1v) is 16.0. The molecule has 1 saturated heterocycles. The van der Waals surface area contributed by atoms with Gasteiger partial charge in [0, 0.05) is 13.2 Å². The van der Waals surface area contributed by atoms with E-state index in [4.69, 9.17) is 14.2 Å². The number of carbonyl (C=O) groups excluding carboxylic acids is 1. The molecule has 2 aliphatic rings. The number of hydrogen-bond acceptors (Lipinski definition) is 7. The van der Waals surface area contributed by atoms with E-state index in [-0.39, 0.29) is 31.0 Å². The van der Waals surface area contributed by atoms with E-state index in [2.05, 4.69) is 18.2 Å². The number of carbonyl (C=O) groups is 1. The van der Waals surface area contributed by atoms with Crippen molar-refractivity contribution in [3.63, 3.8) is 0 Å². The van der Waals surface area contributed by atoms with Crippen molar-refractivity contribution >= 4 is 15.7 Å². The SMILES string of the molecule is COc1ccc2c(c1)CCCCCC(CCCCCOc1ccc(S(=O)(=O)C3(C(=O)NO)CCOCC3)cc1)C2. The highest BCUT2D eigenvalue weighted by atomic mass is 32.2. The predicted molar refractivity (Wildman–Crippen MR) is 153 cm³/mol. The molecule has 0 aromatic heterocycles. The van der Waals surface area contributed by atoms with E-state index >= 15 is 0 Å². The van der Waals surface area contributed by atoms with Gasteiger partial charge in [0.25, 0.3) is 5.91 Å². The van der Waals surface area contributed by atoms with Crippen molar-refractivity contribution in [1.82, 2.24) is 5.48 Å². The van der Waals surface area contributed by atoms with Crippen LogP contribution in [0.5, 0.6) is 11.5 Å². The van der Waals surface area contributed by atoms with Gasteiger partial charge < -0.3 is 14.2 Å². The molecule has 0 bridgehead atoms. The largest absolute Gasteiger partial charge is 0.497 e. The topological polar surface area (TPSA) is 111 Å². The van der Waals surface area contributed by atoms with Crippen LogP contribution < -0.4 is 15.0 Å². The summed E-state index contributed by atoms with van der Waals surface area (Å²) in [4.78, 5) is 12.4. The van der Waals surface area contributed by atoms with Crippen molar-refractivity contribution in [1.29, 1.82) is 0 Å².